The maximum Gasteiger partial charge on any atom is 0.253 e. The number of hydrogen-bond donors (Lipinski definition) is 1. The van der Waals surface area contributed by atoms with E-state index in [9.17, 15) is 4.79 Å². The molecule has 4 rings (SSSR count). The number of hydrogen-bond acceptors (Lipinski definition) is 3. The molecule has 2 aromatic carbocycles. The van der Waals surface area contributed by atoms with Crippen LogP contribution in [0.3, 0.4) is 0 Å². The Balaban J connectivity index is 1.67. The molecule has 1 N–H and O–H groups in total. The average molecular weight is 345 g/mol. The fourth-order valence-electron chi connectivity index (χ4n) is 3.62. The van der Waals surface area contributed by atoms with Gasteiger partial charge in [-0.1, -0.05) is 54.6 Å². The Morgan fingerprint density at radius 3 is 2.38 bits per heavy atom. The number of likely N-dealkylation sites (tertiary alicyclic amines) is 1. The van der Waals surface area contributed by atoms with Crippen LogP contribution in [0.4, 0.5) is 0 Å². The van der Waals surface area contributed by atoms with Gasteiger partial charge in [-0.05, 0) is 38.4 Å². The zero-order valence-electron chi connectivity index (χ0n) is 15.0. The van der Waals surface area contributed by atoms with E-state index < -0.39 is 0 Å². The van der Waals surface area contributed by atoms with Crippen molar-refractivity contribution in [1.82, 2.24) is 15.2 Å². The highest BCUT2D eigenvalue weighted by molar-refractivity contribution is 6.09. The lowest BCUT2D eigenvalue weighted by atomic mass is 9.99. The quantitative estimate of drug-likeness (QED) is 0.787. The van der Waals surface area contributed by atoms with E-state index in [1.807, 2.05) is 54.6 Å². The molecule has 1 saturated heterocycles. The van der Waals surface area contributed by atoms with Gasteiger partial charge in [0.2, 0.25) is 0 Å². The first-order chi connectivity index (χ1) is 12.7. The molecule has 1 aliphatic rings. The number of rotatable bonds is 3. The third-order valence-electron chi connectivity index (χ3n) is 5.14. The van der Waals surface area contributed by atoms with Crippen LogP contribution in [0, 0.1) is 0 Å². The number of carbonyl (C=O) groups is 1. The number of carbonyl (C=O) groups excluding carboxylic acids is 1. The lowest BCUT2D eigenvalue weighted by Crippen LogP contribution is -2.43. The highest BCUT2D eigenvalue weighted by Gasteiger charge is 2.21. The molecule has 0 atom stereocenters. The fraction of sp³-hybridized carbons (Fsp3) is 0.273. The highest BCUT2D eigenvalue weighted by atomic mass is 16.1. The van der Waals surface area contributed by atoms with Gasteiger partial charge in [-0.2, -0.15) is 0 Å². The van der Waals surface area contributed by atoms with E-state index in [-0.39, 0.29) is 11.9 Å². The summed E-state index contributed by atoms with van der Waals surface area (Å²) < 4.78 is 0. The number of nitrogens with zero attached hydrogens (tertiary/aromatic N) is 2. The van der Waals surface area contributed by atoms with E-state index in [1.54, 1.807) is 6.20 Å². The molecule has 0 unspecified atom stereocenters. The molecule has 0 spiro atoms. The molecule has 4 heteroatoms. The third kappa shape index (κ3) is 3.33. The molecule has 1 aromatic heterocycles. The molecule has 2 heterocycles. The molecule has 0 aliphatic carbocycles. The molecule has 1 amide bonds. The zero-order chi connectivity index (χ0) is 17.9. The number of nitrogens with one attached hydrogen (secondary N) is 1. The molecule has 0 saturated carbocycles. The Labute approximate surface area is 153 Å². The standard InChI is InChI=1S/C22H23N3O/c1-25-13-11-17(12-14-25)24-22(26)20-15-23-21(16-7-3-2-4-8-16)19-10-6-5-9-18(19)20/h2-10,15,17H,11-14H2,1H3,(H,24,26). The Morgan fingerprint density at radius 2 is 1.65 bits per heavy atom. The summed E-state index contributed by atoms with van der Waals surface area (Å²) in [5.74, 6) is -0.0251. The van der Waals surface area contributed by atoms with Gasteiger partial charge in [0, 0.05) is 23.2 Å². The second-order valence-corrected chi connectivity index (χ2v) is 6.98. The number of amides is 1. The zero-order valence-corrected chi connectivity index (χ0v) is 15.0. The minimum Gasteiger partial charge on any atom is -0.349 e. The number of aromatic nitrogens is 1. The van der Waals surface area contributed by atoms with E-state index in [1.165, 1.54) is 0 Å². The van der Waals surface area contributed by atoms with E-state index in [2.05, 4.69) is 22.2 Å². The number of piperidine rings is 1. The second kappa shape index (κ2) is 7.26. The van der Waals surface area contributed by atoms with E-state index in [0.29, 0.717) is 5.56 Å². The predicted octanol–water partition coefficient (Wildman–Crippen LogP) is 3.73. The topological polar surface area (TPSA) is 45.2 Å². The van der Waals surface area contributed by atoms with Gasteiger partial charge in [-0.3, -0.25) is 9.78 Å². The smallest absolute Gasteiger partial charge is 0.253 e. The van der Waals surface area contributed by atoms with Crippen molar-refractivity contribution in [3.05, 3.63) is 66.4 Å². The van der Waals surface area contributed by atoms with Crippen LogP contribution < -0.4 is 5.32 Å². The first kappa shape index (κ1) is 16.7. The number of fused-ring (bicyclic) bond motifs is 1. The van der Waals surface area contributed by atoms with Crippen LogP contribution in [0.2, 0.25) is 0 Å². The van der Waals surface area contributed by atoms with Crippen molar-refractivity contribution in [3.63, 3.8) is 0 Å². The third-order valence-corrected chi connectivity index (χ3v) is 5.14. The van der Waals surface area contributed by atoms with Crippen molar-refractivity contribution in [3.8, 4) is 11.3 Å². The Kier molecular flexibility index (Phi) is 4.67. The van der Waals surface area contributed by atoms with Gasteiger partial charge in [0.25, 0.3) is 5.91 Å². The van der Waals surface area contributed by atoms with Gasteiger partial charge in [0.1, 0.15) is 0 Å². The average Bonchev–Trinajstić information content (AvgIpc) is 2.69. The van der Waals surface area contributed by atoms with Gasteiger partial charge in [-0.25, -0.2) is 0 Å². The Morgan fingerprint density at radius 1 is 1.00 bits per heavy atom. The minimum absolute atomic E-state index is 0.0251. The van der Waals surface area contributed by atoms with Gasteiger partial charge in [0.15, 0.2) is 0 Å². The van der Waals surface area contributed by atoms with Gasteiger partial charge in [0.05, 0.1) is 11.3 Å². The van der Waals surface area contributed by atoms with Crippen molar-refractivity contribution in [1.29, 1.82) is 0 Å². The maximum absolute atomic E-state index is 12.9. The highest BCUT2D eigenvalue weighted by Crippen LogP contribution is 2.28. The van der Waals surface area contributed by atoms with E-state index in [4.69, 9.17) is 0 Å². The molecular weight excluding hydrogens is 322 g/mol. The molecule has 132 valence electrons. The fourth-order valence-corrected chi connectivity index (χ4v) is 3.62. The van der Waals surface area contributed by atoms with Crippen molar-refractivity contribution in [2.24, 2.45) is 0 Å². The van der Waals surface area contributed by atoms with Crippen LogP contribution in [0.1, 0.15) is 23.2 Å². The predicted molar refractivity (Wildman–Crippen MR) is 105 cm³/mol. The van der Waals surface area contributed by atoms with Gasteiger partial charge < -0.3 is 10.2 Å². The second-order valence-electron chi connectivity index (χ2n) is 6.98. The van der Waals surface area contributed by atoms with Gasteiger partial charge >= 0.3 is 0 Å². The molecular formula is C22H23N3O. The van der Waals surface area contributed by atoms with Crippen molar-refractivity contribution >= 4 is 16.7 Å². The molecule has 1 fully saturated rings. The van der Waals surface area contributed by atoms with Crippen molar-refractivity contribution < 1.29 is 4.79 Å². The summed E-state index contributed by atoms with van der Waals surface area (Å²) in [4.78, 5) is 19.8. The van der Waals surface area contributed by atoms with Crippen LogP contribution in [-0.4, -0.2) is 42.0 Å². The Bertz CT molecular complexity index is 915. The maximum atomic E-state index is 12.9. The molecule has 0 radical (unpaired) electrons. The molecule has 0 bridgehead atoms. The monoisotopic (exact) mass is 345 g/mol. The summed E-state index contributed by atoms with van der Waals surface area (Å²) in [6, 6.07) is 18.4. The van der Waals surface area contributed by atoms with Crippen LogP contribution in [0.25, 0.3) is 22.0 Å². The molecule has 4 nitrogen and oxygen atoms in total. The van der Waals surface area contributed by atoms with E-state index >= 15 is 0 Å². The SMILES string of the molecule is CN1CCC(NC(=O)c2cnc(-c3ccccc3)c3ccccc23)CC1. The number of benzene rings is 2. The summed E-state index contributed by atoms with van der Waals surface area (Å²) in [5, 5.41) is 5.16. The summed E-state index contributed by atoms with van der Waals surface area (Å²) in [5.41, 5.74) is 2.63. The summed E-state index contributed by atoms with van der Waals surface area (Å²) in [6.07, 6.45) is 3.71. The first-order valence-corrected chi connectivity index (χ1v) is 9.15. The van der Waals surface area contributed by atoms with Crippen LogP contribution in [0.15, 0.2) is 60.8 Å². The van der Waals surface area contributed by atoms with Crippen LogP contribution in [0.5, 0.6) is 0 Å². The van der Waals surface area contributed by atoms with Crippen molar-refractivity contribution in [2.75, 3.05) is 20.1 Å². The van der Waals surface area contributed by atoms with Crippen LogP contribution >= 0.6 is 0 Å². The van der Waals surface area contributed by atoms with Crippen LogP contribution in [-0.2, 0) is 0 Å². The normalized spacial score (nSPS) is 15.9. The first-order valence-electron chi connectivity index (χ1n) is 9.15. The molecule has 1 aliphatic heterocycles. The lowest BCUT2D eigenvalue weighted by Gasteiger charge is -2.29. The summed E-state index contributed by atoms with van der Waals surface area (Å²) >= 11 is 0. The molecule has 26 heavy (non-hydrogen) atoms. The van der Waals surface area contributed by atoms with E-state index in [0.717, 1.165) is 48.0 Å². The minimum atomic E-state index is -0.0251. The molecule has 3 aromatic rings. The number of pyridine rings is 1. The largest absolute Gasteiger partial charge is 0.349 e. The Hall–Kier alpha value is -2.72. The summed E-state index contributed by atoms with van der Waals surface area (Å²) in [7, 11) is 2.12. The van der Waals surface area contributed by atoms with Crippen molar-refractivity contribution in [2.45, 2.75) is 18.9 Å². The summed E-state index contributed by atoms with van der Waals surface area (Å²) in [6.45, 7) is 2.05. The van der Waals surface area contributed by atoms with Gasteiger partial charge in [-0.15, -0.1) is 0 Å². The lowest BCUT2D eigenvalue weighted by molar-refractivity contribution is 0.0918.